The van der Waals surface area contributed by atoms with Crippen molar-refractivity contribution in [1.29, 1.82) is 0 Å². The fraction of sp³-hybridized carbons (Fsp3) is 0.250. The van der Waals surface area contributed by atoms with Crippen LogP contribution in [0.5, 0.6) is 0 Å². The predicted molar refractivity (Wildman–Crippen MR) is 97.6 cm³/mol. The zero-order valence-corrected chi connectivity index (χ0v) is 15.0. The number of amides is 1. The number of anilines is 1. The summed E-state index contributed by atoms with van der Waals surface area (Å²) in [5.41, 5.74) is 0.927. The van der Waals surface area contributed by atoms with Crippen LogP contribution in [0, 0.1) is 5.92 Å². The Labute approximate surface area is 157 Å². The first-order valence-electron chi connectivity index (χ1n) is 8.39. The number of carbonyl (C=O) groups is 1. The molecule has 27 heavy (non-hydrogen) atoms. The molecule has 0 bridgehead atoms. The van der Waals surface area contributed by atoms with Crippen molar-refractivity contribution in [2.75, 3.05) is 18.0 Å². The number of nitrogens with zero attached hydrogens (tertiary/aromatic N) is 8. The van der Waals surface area contributed by atoms with E-state index >= 15 is 0 Å². The van der Waals surface area contributed by atoms with Crippen LogP contribution in [-0.4, -0.2) is 53.3 Å². The molecule has 136 valence electrons. The highest BCUT2D eigenvalue weighted by molar-refractivity contribution is 7.15. The Morgan fingerprint density at radius 2 is 2.07 bits per heavy atom. The van der Waals surface area contributed by atoms with Gasteiger partial charge in [-0.1, -0.05) is 0 Å². The van der Waals surface area contributed by atoms with E-state index in [2.05, 4.69) is 35.4 Å². The van der Waals surface area contributed by atoms with Gasteiger partial charge in [-0.2, -0.15) is 10.2 Å². The second-order valence-corrected chi connectivity index (χ2v) is 7.02. The molecule has 5 heterocycles. The predicted octanol–water partition coefficient (Wildman–Crippen LogP) is 0.519. The lowest BCUT2D eigenvalue weighted by molar-refractivity contribution is -0.125. The molecular weight excluding hydrogens is 366 g/mol. The summed E-state index contributed by atoms with van der Waals surface area (Å²) < 4.78 is 3.43. The fourth-order valence-electron chi connectivity index (χ4n) is 2.99. The number of fused-ring (bicyclic) bond motifs is 1. The summed E-state index contributed by atoms with van der Waals surface area (Å²) in [6.07, 6.45) is 6.56. The topological polar surface area (TPSA) is 106 Å². The van der Waals surface area contributed by atoms with Gasteiger partial charge in [-0.05, 0) is 6.07 Å². The van der Waals surface area contributed by atoms with Crippen molar-refractivity contribution in [3.8, 4) is 5.82 Å². The second kappa shape index (κ2) is 6.43. The maximum absolute atomic E-state index is 12.4. The summed E-state index contributed by atoms with van der Waals surface area (Å²) in [5.74, 6) is 1.47. The molecule has 4 aromatic rings. The second-order valence-electron chi connectivity index (χ2n) is 6.19. The Kier molecular flexibility index (Phi) is 3.78. The number of hydrogen-bond acceptors (Lipinski definition) is 8. The summed E-state index contributed by atoms with van der Waals surface area (Å²) in [6.45, 7) is 1.70. The van der Waals surface area contributed by atoms with Crippen LogP contribution in [0.1, 0.15) is 5.69 Å². The Bertz CT molecular complexity index is 1080. The highest BCUT2D eigenvalue weighted by Gasteiger charge is 2.33. The van der Waals surface area contributed by atoms with Gasteiger partial charge in [0.2, 0.25) is 10.9 Å². The molecular formula is C16H15N9OS. The quantitative estimate of drug-likeness (QED) is 0.537. The molecule has 10 nitrogen and oxygen atoms in total. The van der Waals surface area contributed by atoms with Gasteiger partial charge in [0.25, 0.3) is 0 Å². The number of aromatic nitrogens is 7. The van der Waals surface area contributed by atoms with Crippen molar-refractivity contribution in [2.24, 2.45) is 5.92 Å². The van der Waals surface area contributed by atoms with E-state index in [-0.39, 0.29) is 11.8 Å². The van der Waals surface area contributed by atoms with Gasteiger partial charge in [0.15, 0.2) is 5.82 Å². The zero-order valence-electron chi connectivity index (χ0n) is 14.1. The maximum Gasteiger partial charge on any atom is 0.227 e. The average molecular weight is 381 g/mol. The van der Waals surface area contributed by atoms with Gasteiger partial charge in [0.1, 0.15) is 18.5 Å². The first kappa shape index (κ1) is 15.9. The molecule has 0 aromatic carbocycles. The van der Waals surface area contributed by atoms with E-state index in [1.165, 1.54) is 24.0 Å². The fourth-order valence-corrected chi connectivity index (χ4v) is 3.79. The molecule has 1 aliphatic heterocycles. The molecule has 1 saturated heterocycles. The molecule has 1 amide bonds. The Morgan fingerprint density at radius 1 is 1.19 bits per heavy atom. The first-order chi connectivity index (χ1) is 13.3. The van der Waals surface area contributed by atoms with Gasteiger partial charge < -0.3 is 10.2 Å². The molecule has 0 spiro atoms. The van der Waals surface area contributed by atoms with E-state index in [0.29, 0.717) is 25.5 Å². The molecule has 0 aliphatic carbocycles. The highest BCUT2D eigenvalue weighted by Crippen LogP contribution is 2.24. The number of thiazole rings is 1. The van der Waals surface area contributed by atoms with Crippen molar-refractivity contribution in [3.63, 3.8) is 0 Å². The number of nitrogens with one attached hydrogen (secondary N) is 1. The van der Waals surface area contributed by atoms with E-state index in [9.17, 15) is 4.79 Å². The van der Waals surface area contributed by atoms with Crippen molar-refractivity contribution in [2.45, 2.75) is 6.54 Å². The van der Waals surface area contributed by atoms with E-state index in [0.717, 1.165) is 16.5 Å². The van der Waals surface area contributed by atoms with Crippen LogP contribution in [0.15, 0.2) is 42.6 Å². The van der Waals surface area contributed by atoms with Crippen molar-refractivity contribution in [1.82, 2.24) is 39.7 Å². The van der Waals surface area contributed by atoms with E-state index < -0.39 is 0 Å². The van der Waals surface area contributed by atoms with Gasteiger partial charge in [-0.3, -0.25) is 4.79 Å². The SMILES string of the molecule is O=C(NCc1csc2ncnn12)C1CN(c2cc(-n3cccn3)ncn2)C1. The smallest absolute Gasteiger partial charge is 0.227 e. The minimum atomic E-state index is -0.0574. The lowest BCUT2D eigenvalue weighted by atomic mass is 9.99. The standard InChI is InChI=1S/C16H15N9OS/c26-15(17-5-12-8-27-16-20-10-22-25(12)16)11-6-23(7-11)13-4-14(19-9-18-13)24-3-1-2-21-24/h1-4,8-11H,5-7H2,(H,17,26). The largest absolute Gasteiger partial charge is 0.355 e. The summed E-state index contributed by atoms with van der Waals surface area (Å²) in [4.78, 5) is 27.9. The monoisotopic (exact) mass is 381 g/mol. The molecule has 11 heteroatoms. The molecule has 5 rings (SSSR count). The number of carbonyl (C=O) groups excluding carboxylic acids is 1. The minimum Gasteiger partial charge on any atom is -0.355 e. The normalized spacial score (nSPS) is 14.4. The molecule has 0 unspecified atom stereocenters. The van der Waals surface area contributed by atoms with Crippen LogP contribution in [-0.2, 0) is 11.3 Å². The summed E-state index contributed by atoms with van der Waals surface area (Å²) in [7, 11) is 0. The summed E-state index contributed by atoms with van der Waals surface area (Å²) in [5, 5.41) is 13.3. The number of hydrogen-bond donors (Lipinski definition) is 1. The van der Waals surface area contributed by atoms with Crippen molar-refractivity contribution in [3.05, 3.63) is 48.3 Å². The third-order valence-electron chi connectivity index (χ3n) is 4.49. The van der Waals surface area contributed by atoms with E-state index in [1.807, 2.05) is 23.7 Å². The van der Waals surface area contributed by atoms with Crippen LogP contribution in [0.25, 0.3) is 10.8 Å². The van der Waals surface area contributed by atoms with Gasteiger partial charge in [0, 0.05) is 36.9 Å². The van der Waals surface area contributed by atoms with Gasteiger partial charge in [0.05, 0.1) is 18.2 Å². The zero-order chi connectivity index (χ0) is 18.2. The van der Waals surface area contributed by atoms with Crippen molar-refractivity contribution >= 4 is 28.0 Å². The molecule has 0 atom stereocenters. The minimum absolute atomic E-state index is 0.0343. The number of rotatable bonds is 5. The van der Waals surface area contributed by atoms with Gasteiger partial charge in [-0.15, -0.1) is 11.3 Å². The molecule has 4 aromatic heterocycles. The van der Waals surface area contributed by atoms with Crippen LogP contribution in [0.2, 0.25) is 0 Å². The van der Waals surface area contributed by atoms with Crippen LogP contribution in [0.4, 0.5) is 5.82 Å². The summed E-state index contributed by atoms with van der Waals surface area (Å²) in [6, 6.07) is 3.71. The van der Waals surface area contributed by atoms with Gasteiger partial charge >= 0.3 is 0 Å². The van der Waals surface area contributed by atoms with Crippen LogP contribution in [0.3, 0.4) is 0 Å². The lowest BCUT2D eigenvalue weighted by Gasteiger charge is -2.39. The third-order valence-corrected chi connectivity index (χ3v) is 5.37. The molecule has 0 saturated carbocycles. The lowest BCUT2D eigenvalue weighted by Crippen LogP contribution is -2.54. The maximum atomic E-state index is 12.4. The van der Waals surface area contributed by atoms with E-state index in [1.54, 1.807) is 15.4 Å². The highest BCUT2D eigenvalue weighted by atomic mass is 32.1. The first-order valence-corrected chi connectivity index (χ1v) is 9.27. The van der Waals surface area contributed by atoms with E-state index in [4.69, 9.17) is 0 Å². The molecule has 1 fully saturated rings. The van der Waals surface area contributed by atoms with Crippen LogP contribution >= 0.6 is 11.3 Å². The third kappa shape index (κ3) is 2.91. The molecule has 1 aliphatic rings. The van der Waals surface area contributed by atoms with Crippen molar-refractivity contribution < 1.29 is 4.79 Å². The average Bonchev–Trinajstić information content (AvgIpc) is 3.37. The summed E-state index contributed by atoms with van der Waals surface area (Å²) >= 11 is 1.51. The van der Waals surface area contributed by atoms with Gasteiger partial charge in [-0.25, -0.2) is 24.1 Å². The Morgan fingerprint density at radius 3 is 2.93 bits per heavy atom. The Hall–Kier alpha value is -3.34. The molecule has 1 N–H and O–H groups in total. The van der Waals surface area contributed by atoms with Crippen LogP contribution < -0.4 is 10.2 Å². The Balaban J connectivity index is 1.19. The molecule has 0 radical (unpaired) electrons.